The zero-order valence-corrected chi connectivity index (χ0v) is 18.0. The van der Waals surface area contributed by atoms with E-state index in [0.29, 0.717) is 11.2 Å². The maximum absolute atomic E-state index is 12.7. The summed E-state index contributed by atoms with van der Waals surface area (Å²) in [6.07, 6.45) is 12.1. The molecule has 6 heteroatoms. The summed E-state index contributed by atoms with van der Waals surface area (Å²) < 4.78 is 4.36. The van der Waals surface area contributed by atoms with Gasteiger partial charge >= 0.3 is 5.69 Å². The summed E-state index contributed by atoms with van der Waals surface area (Å²) in [7, 11) is 3.41. The lowest BCUT2D eigenvalue weighted by molar-refractivity contribution is 0.661. The molecule has 0 N–H and O–H groups in total. The molecule has 0 aliphatic heterocycles. The Morgan fingerprint density at radius 2 is 1.57 bits per heavy atom. The van der Waals surface area contributed by atoms with Crippen LogP contribution in [0.3, 0.4) is 0 Å². The van der Waals surface area contributed by atoms with Crippen LogP contribution in [-0.2, 0) is 20.6 Å². The second-order valence-corrected chi connectivity index (χ2v) is 7.74. The summed E-state index contributed by atoms with van der Waals surface area (Å²) in [5.74, 6) is 0. The average Bonchev–Trinajstić information content (AvgIpc) is 3.01. The Bertz CT molecular complexity index is 1040. The van der Waals surface area contributed by atoms with Crippen LogP contribution in [-0.4, -0.2) is 18.7 Å². The number of nitrogens with zero attached hydrogens (tertiary/aromatic N) is 4. The molecule has 0 atom stereocenters. The standard InChI is InChI=1S/C22H32N4O2/c1-16(2)9-7-10-17(3)11-8-12-18(4)13-14-26-21(27)19-20(23-15-24(19)5)25(6)22(26)28/h9,11,13,15H,7-8,10,12,14H2,1-6H3. The Labute approximate surface area is 166 Å². The molecule has 0 saturated carbocycles. The molecule has 6 nitrogen and oxygen atoms in total. The van der Waals surface area contributed by atoms with Gasteiger partial charge in [0, 0.05) is 20.6 Å². The second-order valence-electron chi connectivity index (χ2n) is 7.74. The van der Waals surface area contributed by atoms with Gasteiger partial charge in [0.2, 0.25) is 0 Å². The smallest absolute Gasteiger partial charge is 0.328 e. The molecular weight excluding hydrogens is 352 g/mol. The molecule has 0 saturated heterocycles. The first-order valence-corrected chi connectivity index (χ1v) is 9.77. The van der Waals surface area contributed by atoms with Gasteiger partial charge in [-0.05, 0) is 53.4 Å². The lowest BCUT2D eigenvalue weighted by Crippen LogP contribution is -2.39. The molecule has 0 amide bonds. The van der Waals surface area contributed by atoms with E-state index in [9.17, 15) is 9.59 Å². The Kier molecular flexibility index (Phi) is 7.38. The minimum Gasteiger partial charge on any atom is -0.328 e. The molecule has 2 rings (SSSR count). The van der Waals surface area contributed by atoms with E-state index in [1.54, 1.807) is 25.0 Å². The summed E-state index contributed by atoms with van der Waals surface area (Å²) >= 11 is 0. The maximum atomic E-state index is 12.7. The molecule has 0 unspecified atom stereocenters. The topological polar surface area (TPSA) is 61.8 Å². The third-order valence-corrected chi connectivity index (χ3v) is 4.95. The van der Waals surface area contributed by atoms with Gasteiger partial charge < -0.3 is 4.57 Å². The highest BCUT2D eigenvalue weighted by molar-refractivity contribution is 5.69. The molecule has 0 aromatic carbocycles. The van der Waals surface area contributed by atoms with E-state index in [-0.39, 0.29) is 17.8 Å². The number of hydrogen-bond acceptors (Lipinski definition) is 3. The van der Waals surface area contributed by atoms with Crippen LogP contribution < -0.4 is 11.2 Å². The predicted molar refractivity (Wildman–Crippen MR) is 116 cm³/mol. The fourth-order valence-electron chi connectivity index (χ4n) is 3.14. The summed E-state index contributed by atoms with van der Waals surface area (Å²) in [5.41, 5.74) is 4.17. The molecule has 0 aliphatic carbocycles. The largest absolute Gasteiger partial charge is 0.332 e. The molecule has 2 aromatic heterocycles. The number of allylic oxidation sites excluding steroid dienone is 6. The van der Waals surface area contributed by atoms with Gasteiger partial charge in [-0.1, -0.05) is 34.9 Å². The second kappa shape index (κ2) is 9.53. The third-order valence-electron chi connectivity index (χ3n) is 4.95. The van der Waals surface area contributed by atoms with Crippen molar-refractivity contribution in [2.24, 2.45) is 14.1 Å². The van der Waals surface area contributed by atoms with Crippen molar-refractivity contribution in [2.75, 3.05) is 0 Å². The van der Waals surface area contributed by atoms with Gasteiger partial charge in [-0.25, -0.2) is 9.78 Å². The van der Waals surface area contributed by atoms with Crippen LogP contribution >= 0.6 is 0 Å². The van der Waals surface area contributed by atoms with Crippen molar-refractivity contribution in [3.63, 3.8) is 0 Å². The van der Waals surface area contributed by atoms with E-state index in [0.717, 1.165) is 25.7 Å². The van der Waals surface area contributed by atoms with Gasteiger partial charge in [0.1, 0.15) is 0 Å². The van der Waals surface area contributed by atoms with Crippen LogP contribution in [0.2, 0.25) is 0 Å². The molecule has 2 heterocycles. The minimum atomic E-state index is -0.338. The highest BCUT2D eigenvalue weighted by Gasteiger charge is 2.13. The fourth-order valence-corrected chi connectivity index (χ4v) is 3.14. The van der Waals surface area contributed by atoms with Crippen molar-refractivity contribution in [3.8, 4) is 0 Å². The molecule has 0 aliphatic rings. The molecule has 152 valence electrons. The Morgan fingerprint density at radius 1 is 0.964 bits per heavy atom. The number of aromatic nitrogens is 4. The van der Waals surface area contributed by atoms with Crippen LogP contribution in [0, 0.1) is 0 Å². The lowest BCUT2D eigenvalue weighted by Gasteiger charge is -2.07. The number of imidazole rings is 1. The molecule has 28 heavy (non-hydrogen) atoms. The van der Waals surface area contributed by atoms with Crippen molar-refractivity contribution < 1.29 is 0 Å². The van der Waals surface area contributed by atoms with Crippen molar-refractivity contribution in [1.82, 2.24) is 18.7 Å². The normalized spacial score (nSPS) is 12.6. The van der Waals surface area contributed by atoms with Crippen molar-refractivity contribution in [1.29, 1.82) is 0 Å². The van der Waals surface area contributed by atoms with E-state index in [4.69, 9.17) is 0 Å². The first-order chi connectivity index (χ1) is 13.2. The monoisotopic (exact) mass is 384 g/mol. The van der Waals surface area contributed by atoms with Crippen LogP contribution in [0.15, 0.2) is 50.9 Å². The fraction of sp³-hybridized carbons (Fsp3) is 0.500. The first-order valence-electron chi connectivity index (χ1n) is 9.77. The zero-order valence-electron chi connectivity index (χ0n) is 18.0. The molecular formula is C22H32N4O2. The summed E-state index contributed by atoms with van der Waals surface area (Å²) in [4.78, 5) is 29.4. The summed E-state index contributed by atoms with van der Waals surface area (Å²) in [6, 6.07) is 0. The predicted octanol–water partition coefficient (Wildman–Crippen LogP) is 3.85. The number of hydrogen-bond donors (Lipinski definition) is 0. The van der Waals surface area contributed by atoms with E-state index < -0.39 is 0 Å². The minimum absolute atomic E-state index is 0.279. The Balaban J connectivity index is 2.06. The molecule has 0 spiro atoms. The molecule has 2 aromatic rings. The van der Waals surface area contributed by atoms with Crippen molar-refractivity contribution in [3.05, 3.63) is 62.1 Å². The first kappa shape index (κ1) is 21.7. The van der Waals surface area contributed by atoms with Crippen LogP contribution in [0.25, 0.3) is 11.2 Å². The van der Waals surface area contributed by atoms with Gasteiger partial charge in [0.05, 0.1) is 6.33 Å². The van der Waals surface area contributed by atoms with E-state index in [1.807, 2.05) is 13.0 Å². The third kappa shape index (κ3) is 5.21. The Morgan fingerprint density at radius 3 is 2.21 bits per heavy atom. The van der Waals surface area contributed by atoms with Crippen LogP contribution in [0.5, 0.6) is 0 Å². The Hall–Kier alpha value is -2.63. The SMILES string of the molecule is CC(C)=CCCC(C)=CCCC(C)=CCn1c(=O)c2c(ncn2C)n(C)c1=O. The number of rotatable bonds is 8. The highest BCUT2D eigenvalue weighted by atomic mass is 16.2. The van der Waals surface area contributed by atoms with E-state index in [2.05, 4.69) is 37.9 Å². The van der Waals surface area contributed by atoms with E-state index >= 15 is 0 Å². The number of aryl methyl sites for hydroxylation is 2. The van der Waals surface area contributed by atoms with Gasteiger partial charge in [0.25, 0.3) is 5.56 Å². The lowest BCUT2D eigenvalue weighted by atomic mass is 10.1. The van der Waals surface area contributed by atoms with Gasteiger partial charge in [-0.3, -0.25) is 13.9 Å². The highest BCUT2D eigenvalue weighted by Crippen LogP contribution is 2.11. The van der Waals surface area contributed by atoms with Gasteiger partial charge in [-0.15, -0.1) is 0 Å². The van der Waals surface area contributed by atoms with Crippen LogP contribution in [0.4, 0.5) is 0 Å². The summed E-state index contributed by atoms with van der Waals surface area (Å²) in [6.45, 7) is 8.74. The van der Waals surface area contributed by atoms with Crippen LogP contribution in [0.1, 0.15) is 53.4 Å². The number of fused-ring (bicyclic) bond motifs is 1. The molecule has 0 fully saturated rings. The zero-order chi connectivity index (χ0) is 20.8. The van der Waals surface area contributed by atoms with Crippen molar-refractivity contribution >= 4 is 11.2 Å². The van der Waals surface area contributed by atoms with Gasteiger partial charge in [-0.2, -0.15) is 0 Å². The molecule has 0 radical (unpaired) electrons. The van der Waals surface area contributed by atoms with E-state index in [1.165, 1.54) is 25.9 Å². The summed E-state index contributed by atoms with van der Waals surface area (Å²) in [5, 5.41) is 0. The average molecular weight is 385 g/mol. The maximum Gasteiger partial charge on any atom is 0.332 e. The molecule has 0 bridgehead atoms. The van der Waals surface area contributed by atoms with Crippen molar-refractivity contribution in [2.45, 2.75) is 59.9 Å². The van der Waals surface area contributed by atoms with Gasteiger partial charge in [0.15, 0.2) is 11.2 Å². The quantitative estimate of drug-likeness (QED) is 0.650.